The molecule has 0 heterocycles. The molecule has 3 heteroatoms. The van der Waals surface area contributed by atoms with Crippen LogP contribution >= 0.6 is 0 Å². The fraction of sp³-hybridized carbons (Fsp3) is 0.529. The molecule has 1 aliphatic rings. The van der Waals surface area contributed by atoms with E-state index in [1.54, 1.807) is 0 Å². The maximum absolute atomic E-state index is 12.5. The van der Waals surface area contributed by atoms with Gasteiger partial charge in [-0.25, -0.2) is 0 Å². The second-order valence-electron chi connectivity index (χ2n) is 5.88. The molecule has 0 bridgehead atoms. The van der Waals surface area contributed by atoms with E-state index in [-0.39, 0.29) is 5.91 Å². The van der Waals surface area contributed by atoms with E-state index in [0.717, 1.165) is 49.7 Å². The number of nitriles is 1. The molecule has 0 radical (unpaired) electrons. The van der Waals surface area contributed by atoms with Gasteiger partial charge in [0.2, 0.25) is 0 Å². The fourth-order valence-electron chi connectivity index (χ4n) is 2.95. The van der Waals surface area contributed by atoms with Gasteiger partial charge in [0, 0.05) is 5.56 Å². The lowest BCUT2D eigenvalue weighted by molar-refractivity contribution is 0.0912. The minimum Gasteiger partial charge on any atom is -0.334 e. The van der Waals surface area contributed by atoms with Crippen molar-refractivity contribution in [2.75, 3.05) is 0 Å². The standard InChI is InChI=1S/C17H22N2O/c1-13-7-8-15(14(2)11-13)16(20)19-17(12-18)9-5-3-4-6-10-17/h7-8,11H,3-6,9-10H2,1-2H3,(H,19,20). The lowest BCUT2D eigenvalue weighted by Crippen LogP contribution is -2.47. The second kappa shape index (κ2) is 6.09. The summed E-state index contributed by atoms with van der Waals surface area (Å²) in [5.41, 5.74) is 2.10. The van der Waals surface area contributed by atoms with Crippen molar-refractivity contribution >= 4 is 5.91 Å². The minimum atomic E-state index is -0.676. The van der Waals surface area contributed by atoms with Crippen LogP contribution in [0.3, 0.4) is 0 Å². The predicted molar refractivity (Wildman–Crippen MR) is 79.4 cm³/mol. The summed E-state index contributed by atoms with van der Waals surface area (Å²) in [5.74, 6) is -0.119. The molecular formula is C17H22N2O. The molecule has 0 aliphatic heterocycles. The molecule has 0 saturated heterocycles. The molecule has 3 nitrogen and oxygen atoms in total. The van der Waals surface area contributed by atoms with E-state index in [1.807, 2.05) is 32.0 Å². The van der Waals surface area contributed by atoms with Crippen molar-refractivity contribution in [2.24, 2.45) is 0 Å². The third kappa shape index (κ3) is 3.19. The molecular weight excluding hydrogens is 248 g/mol. The number of nitrogens with zero attached hydrogens (tertiary/aromatic N) is 1. The predicted octanol–water partition coefficient (Wildman–Crippen LogP) is 3.65. The molecule has 106 valence electrons. The largest absolute Gasteiger partial charge is 0.334 e. The van der Waals surface area contributed by atoms with Crippen LogP contribution in [0.5, 0.6) is 0 Å². The van der Waals surface area contributed by atoms with E-state index < -0.39 is 5.54 Å². The first kappa shape index (κ1) is 14.6. The highest BCUT2D eigenvalue weighted by Gasteiger charge is 2.33. The van der Waals surface area contributed by atoms with Crippen molar-refractivity contribution < 1.29 is 4.79 Å². The molecule has 1 fully saturated rings. The quantitative estimate of drug-likeness (QED) is 0.834. The first-order valence-corrected chi connectivity index (χ1v) is 7.37. The normalized spacial score (nSPS) is 17.9. The number of nitrogens with one attached hydrogen (secondary N) is 1. The Morgan fingerprint density at radius 2 is 1.85 bits per heavy atom. The third-order valence-electron chi connectivity index (χ3n) is 4.15. The van der Waals surface area contributed by atoms with E-state index in [0.29, 0.717) is 5.56 Å². The Morgan fingerprint density at radius 1 is 1.20 bits per heavy atom. The molecule has 2 rings (SSSR count). The van der Waals surface area contributed by atoms with Crippen LogP contribution in [-0.2, 0) is 0 Å². The monoisotopic (exact) mass is 270 g/mol. The van der Waals surface area contributed by atoms with Gasteiger partial charge in [-0.1, -0.05) is 43.4 Å². The molecule has 1 aromatic carbocycles. The Balaban J connectivity index is 2.18. The lowest BCUT2D eigenvalue weighted by atomic mass is 9.91. The average molecular weight is 270 g/mol. The maximum Gasteiger partial charge on any atom is 0.252 e. The SMILES string of the molecule is Cc1ccc(C(=O)NC2(C#N)CCCCCC2)c(C)c1. The van der Waals surface area contributed by atoms with Crippen LogP contribution in [0.2, 0.25) is 0 Å². The number of aryl methyl sites for hydroxylation is 2. The van der Waals surface area contributed by atoms with Gasteiger partial charge in [0.05, 0.1) is 6.07 Å². The third-order valence-corrected chi connectivity index (χ3v) is 4.15. The van der Waals surface area contributed by atoms with Crippen molar-refractivity contribution in [3.05, 3.63) is 34.9 Å². The highest BCUT2D eigenvalue weighted by molar-refractivity contribution is 5.96. The minimum absolute atomic E-state index is 0.119. The van der Waals surface area contributed by atoms with Crippen LogP contribution < -0.4 is 5.32 Å². The van der Waals surface area contributed by atoms with Gasteiger partial charge in [0.15, 0.2) is 0 Å². The number of hydrogen-bond acceptors (Lipinski definition) is 2. The van der Waals surface area contributed by atoms with Gasteiger partial charge in [-0.05, 0) is 38.3 Å². The molecule has 1 N–H and O–H groups in total. The Morgan fingerprint density at radius 3 is 2.40 bits per heavy atom. The molecule has 0 atom stereocenters. The Kier molecular flexibility index (Phi) is 4.44. The second-order valence-corrected chi connectivity index (χ2v) is 5.88. The number of amides is 1. The van der Waals surface area contributed by atoms with Crippen molar-refractivity contribution in [1.82, 2.24) is 5.32 Å². The summed E-state index contributed by atoms with van der Waals surface area (Å²) in [5, 5.41) is 12.5. The van der Waals surface area contributed by atoms with E-state index in [9.17, 15) is 10.1 Å². The molecule has 0 spiro atoms. The molecule has 20 heavy (non-hydrogen) atoms. The first-order valence-electron chi connectivity index (χ1n) is 7.37. The van der Waals surface area contributed by atoms with Gasteiger partial charge in [0.1, 0.15) is 5.54 Å². The molecule has 0 unspecified atom stereocenters. The highest BCUT2D eigenvalue weighted by Crippen LogP contribution is 2.27. The summed E-state index contributed by atoms with van der Waals surface area (Å²) in [7, 11) is 0. The summed E-state index contributed by atoms with van der Waals surface area (Å²) in [6.45, 7) is 3.95. The lowest BCUT2D eigenvalue weighted by Gasteiger charge is -2.26. The van der Waals surface area contributed by atoms with Crippen LogP contribution in [0, 0.1) is 25.2 Å². The van der Waals surface area contributed by atoms with Gasteiger partial charge in [-0.2, -0.15) is 5.26 Å². The van der Waals surface area contributed by atoms with Gasteiger partial charge in [0.25, 0.3) is 5.91 Å². The zero-order valence-corrected chi connectivity index (χ0v) is 12.3. The number of rotatable bonds is 2. The molecule has 1 saturated carbocycles. The topological polar surface area (TPSA) is 52.9 Å². The van der Waals surface area contributed by atoms with Crippen LogP contribution in [0.4, 0.5) is 0 Å². The van der Waals surface area contributed by atoms with E-state index in [1.165, 1.54) is 0 Å². The van der Waals surface area contributed by atoms with Crippen molar-refractivity contribution in [3.63, 3.8) is 0 Å². The van der Waals surface area contributed by atoms with Crippen LogP contribution in [0.15, 0.2) is 18.2 Å². The number of benzene rings is 1. The first-order chi connectivity index (χ1) is 9.56. The van der Waals surface area contributed by atoms with Crippen LogP contribution in [0.1, 0.15) is 60.0 Å². The number of carbonyl (C=O) groups is 1. The molecule has 1 amide bonds. The smallest absolute Gasteiger partial charge is 0.252 e. The van der Waals surface area contributed by atoms with Crippen molar-refractivity contribution in [2.45, 2.75) is 57.9 Å². The number of hydrogen-bond donors (Lipinski definition) is 1. The van der Waals surface area contributed by atoms with Gasteiger partial charge in [-0.15, -0.1) is 0 Å². The highest BCUT2D eigenvalue weighted by atomic mass is 16.1. The van der Waals surface area contributed by atoms with Crippen LogP contribution in [0.25, 0.3) is 0 Å². The van der Waals surface area contributed by atoms with Crippen LogP contribution in [-0.4, -0.2) is 11.4 Å². The molecule has 1 aromatic rings. The van der Waals surface area contributed by atoms with E-state index >= 15 is 0 Å². The van der Waals surface area contributed by atoms with Gasteiger partial charge < -0.3 is 5.32 Å². The fourth-order valence-corrected chi connectivity index (χ4v) is 2.95. The van der Waals surface area contributed by atoms with Gasteiger partial charge in [-0.3, -0.25) is 4.79 Å². The molecule has 0 aromatic heterocycles. The van der Waals surface area contributed by atoms with Gasteiger partial charge >= 0.3 is 0 Å². The summed E-state index contributed by atoms with van der Waals surface area (Å²) in [4.78, 5) is 12.5. The Hall–Kier alpha value is -1.82. The average Bonchev–Trinajstić information content (AvgIpc) is 2.64. The number of carbonyl (C=O) groups excluding carboxylic acids is 1. The maximum atomic E-state index is 12.5. The summed E-state index contributed by atoms with van der Waals surface area (Å²) in [6.07, 6.45) is 5.87. The van der Waals surface area contributed by atoms with Crippen molar-refractivity contribution in [1.29, 1.82) is 5.26 Å². The summed E-state index contributed by atoms with van der Waals surface area (Å²) < 4.78 is 0. The summed E-state index contributed by atoms with van der Waals surface area (Å²) >= 11 is 0. The van der Waals surface area contributed by atoms with E-state index in [4.69, 9.17) is 0 Å². The van der Waals surface area contributed by atoms with Crippen molar-refractivity contribution in [3.8, 4) is 6.07 Å². The molecule has 1 aliphatic carbocycles. The van der Waals surface area contributed by atoms with E-state index in [2.05, 4.69) is 11.4 Å². The Labute approximate surface area is 121 Å². The Bertz CT molecular complexity index is 534. The summed E-state index contributed by atoms with van der Waals surface area (Å²) in [6, 6.07) is 8.15. The zero-order valence-electron chi connectivity index (χ0n) is 12.3. The zero-order chi connectivity index (χ0) is 14.6.